The number of hydrogen-bond donors (Lipinski definition) is 0. The number of carbonyl (C=O) groups is 2. The summed E-state index contributed by atoms with van der Waals surface area (Å²) in [5.74, 6) is -0.0330. The number of rotatable bonds is 6. The molecular weight excluding hydrogens is 306 g/mol. The number of ether oxygens (including phenoxy) is 2. The van der Waals surface area contributed by atoms with Crippen LogP contribution in [0.2, 0.25) is 0 Å². The van der Waals surface area contributed by atoms with Gasteiger partial charge in [-0.15, -0.1) is 0 Å². The SMILES string of the molecule is CCCCCc1ccc(C(=O)OC)c[n+]1C(=O)Oc1ccccc1. The lowest BCUT2D eigenvalue weighted by Gasteiger charge is -2.05. The lowest BCUT2D eigenvalue weighted by Crippen LogP contribution is -2.49. The van der Waals surface area contributed by atoms with Crippen molar-refractivity contribution < 1.29 is 23.6 Å². The Hall–Kier alpha value is -2.69. The summed E-state index contributed by atoms with van der Waals surface area (Å²) in [6.07, 6.45) is 4.80. The molecule has 0 atom stereocenters. The summed E-state index contributed by atoms with van der Waals surface area (Å²) in [7, 11) is 1.31. The van der Waals surface area contributed by atoms with Gasteiger partial charge in [0.2, 0.25) is 0 Å². The van der Waals surface area contributed by atoms with Crippen LogP contribution in [-0.2, 0) is 11.2 Å². The average Bonchev–Trinajstić information content (AvgIpc) is 2.62. The van der Waals surface area contributed by atoms with E-state index in [2.05, 4.69) is 6.92 Å². The van der Waals surface area contributed by atoms with Crippen molar-refractivity contribution in [1.82, 2.24) is 0 Å². The normalized spacial score (nSPS) is 10.2. The Balaban J connectivity index is 2.28. The number of para-hydroxylation sites is 1. The first-order chi connectivity index (χ1) is 11.7. The van der Waals surface area contributed by atoms with E-state index in [-0.39, 0.29) is 0 Å². The molecule has 0 saturated carbocycles. The second-order valence-electron chi connectivity index (χ2n) is 5.41. The summed E-state index contributed by atoms with van der Waals surface area (Å²) >= 11 is 0. The van der Waals surface area contributed by atoms with Crippen LogP contribution < -0.4 is 9.30 Å². The van der Waals surface area contributed by atoms with Crippen LogP contribution in [0.25, 0.3) is 0 Å². The van der Waals surface area contributed by atoms with Crippen LogP contribution >= 0.6 is 0 Å². The lowest BCUT2D eigenvalue weighted by molar-refractivity contribution is -0.590. The zero-order chi connectivity index (χ0) is 17.4. The fourth-order valence-electron chi connectivity index (χ4n) is 2.34. The molecule has 5 nitrogen and oxygen atoms in total. The molecule has 0 aliphatic rings. The van der Waals surface area contributed by atoms with Gasteiger partial charge in [-0.2, -0.15) is 4.79 Å². The summed E-state index contributed by atoms with van der Waals surface area (Å²) in [6.45, 7) is 2.12. The van der Waals surface area contributed by atoms with Gasteiger partial charge in [-0.05, 0) is 24.6 Å². The Kier molecular flexibility index (Phi) is 6.49. The number of hydrogen-bond acceptors (Lipinski definition) is 4. The summed E-state index contributed by atoms with van der Waals surface area (Å²) in [4.78, 5) is 24.2. The minimum absolute atomic E-state index is 0.307. The molecule has 1 aromatic heterocycles. The van der Waals surface area contributed by atoms with E-state index in [0.717, 1.165) is 31.4 Å². The molecule has 0 aliphatic carbocycles. The van der Waals surface area contributed by atoms with E-state index in [9.17, 15) is 9.59 Å². The number of aromatic nitrogens is 1. The van der Waals surface area contributed by atoms with Crippen molar-refractivity contribution in [2.75, 3.05) is 7.11 Å². The van der Waals surface area contributed by atoms with Crippen LogP contribution in [0.15, 0.2) is 48.7 Å². The quantitative estimate of drug-likeness (QED) is 0.462. The summed E-state index contributed by atoms with van der Waals surface area (Å²) in [5, 5.41) is 0. The molecule has 0 bridgehead atoms. The minimum atomic E-state index is -0.543. The molecule has 1 aromatic carbocycles. The van der Waals surface area contributed by atoms with Crippen molar-refractivity contribution in [1.29, 1.82) is 0 Å². The minimum Gasteiger partial charge on any atom is -0.465 e. The monoisotopic (exact) mass is 328 g/mol. The molecule has 2 rings (SSSR count). The number of methoxy groups -OCH3 is 1. The Morgan fingerprint density at radius 1 is 1.04 bits per heavy atom. The van der Waals surface area contributed by atoms with E-state index in [1.54, 1.807) is 36.4 Å². The van der Waals surface area contributed by atoms with Gasteiger partial charge < -0.3 is 9.47 Å². The molecule has 126 valence electrons. The smallest absolute Gasteiger partial charge is 0.465 e. The van der Waals surface area contributed by atoms with Crippen molar-refractivity contribution in [3.05, 3.63) is 59.9 Å². The van der Waals surface area contributed by atoms with Crippen molar-refractivity contribution in [3.63, 3.8) is 0 Å². The van der Waals surface area contributed by atoms with E-state index in [1.165, 1.54) is 17.9 Å². The molecule has 2 aromatic rings. The Morgan fingerprint density at radius 3 is 2.46 bits per heavy atom. The molecule has 0 spiro atoms. The molecule has 0 unspecified atom stereocenters. The zero-order valence-electron chi connectivity index (χ0n) is 14.0. The number of unbranched alkanes of at least 4 members (excludes halogenated alkanes) is 2. The third-order valence-corrected chi connectivity index (χ3v) is 3.64. The van der Waals surface area contributed by atoms with Crippen LogP contribution in [0.1, 0.15) is 42.2 Å². The molecule has 24 heavy (non-hydrogen) atoms. The van der Waals surface area contributed by atoms with Crippen molar-refractivity contribution >= 4 is 12.1 Å². The predicted octanol–water partition coefficient (Wildman–Crippen LogP) is 3.54. The van der Waals surface area contributed by atoms with Gasteiger partial charge >= 0.3 is 12.1 Å². The van der Waals surface area contributed by atoms with Crippen LogP contribution in [-0.4, -0.2) is 19.2 Å². The topological polar surface area (TPSA) is 56.5 Å². The number of benzene rings is 1. The molecule has 0 fully saturated rings. The molecule has 0 saturated heterocycles. The Morgan fingerprint density at radius 2 is 1.79 bits per heavy atom. The zero-order valence-corrected chi connectivity index (χ0v) is 14.0. The second kappa shape index (κ2) is 8.82. The van der Waals surface area contributed by atoms with Gasteiger partial charge in [-0.1, -0.05) is 42.5 Å². The Labute approximate surface area is 141 Å². The first kappa shape index (κ1) is 17.7. The van der Waals surface area contributed by atoms with Gasteiger partial charge in [-0.3, -0.25) is 0 Å². The van der Waals surface area contributed by atoms with E-state index in [4.69, 9.17) is 9.47 Å². The standard InChI is InChI=1S/C19H22NO4/c1-3-4-6-9-16-13-12-15(18(21)23-2)14-20(16)19(22)24-17-10-7-5-8-11-17/h5,7-8,10-14H,3-4,6,9H2,1-2H3/q+1. The maximum absolute atomic E-state index is 12.5. The fourth-order valence-corrected chi connectivity index (χ4v) is 2.34. The molecule has 0 N–H and O–H groups in total. The van der Waals surface area contributed by atoms with Gasteiger partial charge in [0.15, 0.2) is 11.9 Å². The third kappa shape index (κ3) is 4.65. The van der Waals surface area contributed by atoms with Crippen LogP contribution in [0.4, 0.5) is 4.79 Å². The average molecular weight is 328 g/mol. The van der Waals surface area contributed by atoms with Gasteiger partial charge in [0.25, 0.3) is 0 Å². The highest BCUT2D eigenvalue weighted by atomic mass is 16.6. The first-order valence-corrected chi connectivity index (χ1v) is 8.05. The summed E-state index contributed by atoms with van der Waals surface area (Å²) in [5.41, 5.74) is 1.11. The molecule has 0 radical (unpaired) electrons. The molecule has 0 amide bonds. The van der Waals surface area contributed by atoms with Crippen LogP contribution in [0.5, 0.6) is 5.75 Å². The number of aryl methyl sites for hydroxylation is 1. The largest absolute Gasteiger partial charge is 0.607 e. The Bertz CT molecular complexity index is 698. The van der Waals surface area contributed by atoms with Gasteiger partial charge in [0.1, 0.15) is 11.3 Å². The molecule has 0 aliphatic heterocycles. The highest BCUT2D eigenvalue weighted by molar-refractivity contribution is 5.88. The van der Waals surface area contributed by atoms with E-state index >= 15 is 0 Å². The number of pyridine rings is 1. The van der Waals surface area contributed by atoms with Gasteiger partial charge in [0, 0.05) is 12.5 Å². The summed E-state index contributed by atoms with van der Waals surface area (Å²) < 4.78 is 11.5. The number of nitrogens with zero attached hydrogens (tertiary/aromatic N) is 1. The summed E-state index contributed by atoms with van der Waals surface area (Å²) in [6, 6.07) is 12.3. The van der Waals surface area contributed by atoms with Crippen molar-refractivity contribution in [2.45, 2.75) is 32.6 Å². The van der Waals surface area contributed by atoms with Crippen molar-refractivity contribution in [3.8, 4) is 5.75 Å². The van der Waals surface area contributed by atoms with Crippen molar-refractivity contribution in [2.24, 2.45) is 0 Å². The highest BCUT2D eigenvalue weighted by Gasteiger charge is 2.25. The lowest BCUT2D eigenvalue weighted by atomic mass is 10.1. The van der Waals surface area contributed by atoms with Crippen LogP contribution in [0, 0.1) is 0 Å². The molecular formula is C19H22NO4+. The predicted molar refractivity (Wildman–Crippen MR) is 89.1 cm³/mol. The maximum Gasteiger partial charge on any atom is 0.607 e. The highest BCUT2D eigenvalue weighted by Crippen LogP contribution is 2.10. The van der Waals surface area contributed by atoms with E-state index < -0.39 is 12.1 Å². The molecule has 1 heterocycles. The first-order valence-electron chi connectivity index (χ1n) is 8.05. The van der Waals surface area contributed by atoms with E-state index in [0.29, 0.717) is 11.3 Å². The maximum atomic E-state index is 12.5. The van der Waals surface area contributed by atoms with Gasteiger partial charge in [-0.25, -0.2) is 4.79 Å². The van der Waals surface area contributed by atoms with Crippen LogP contribution in [0.3, 0.4) is 0 Å². The third-order valence-electron chi connectivity index (χ3n) is 3.64. The molecule has 5 heteroatoms. The van der Waals surface area contributed by atoms with E-state index in [1.807, 2.05) is 6.07 Å². The number of esters is 1. The number of carbonyl (C=O) groups excluding carboxylic acids is 2. The van der Waals surface area contributed by atoms with Gasteiger partial charge in [0.05, 0.1) is 7.11 Å². The second-order valence-corrected chi connectivity index (χ2v) is 5.41. The fraction of sp³-hybridized carbons (Fsp3) is 0.316.